The number of anilines is 2. The maximum atomic E-state index is 16.0. The summed E-state index contributed by atoms with van der Waals surface area (Å²) in [7, 11) is 1.99. The zero-order chi connectivity index (χ0) is 59.2. The van der Waals surface area contributed by atoms with Crippen molar-refractivity contribution in [2.24, 2.45) is 5.92 Å². The number of pyridine rings is 1. The van der Waals surface area contributed by atoms with Crippen molar-refractivity contribution in [1.82, 2.24) is 40.9 Å². The van der Waals surface area contributed by atoms with Crippen molar-refractivity contribution < 1.29 is 51.2 Å². The first kappa shape index (κ1) is 60.3. The maximum Gasteiger partial charge on any atom is 0.417 e. The lowest BCUT2D eigenvalue weighted by molar-refractivity contribution is -0.141. The summed E-state index contributed by atoms with van der Waals surface area (Å²) >= 11 is 1.50. The number of likely N-dealkylation sites (N-methyl/N-ethyl adjacent to an activating group) is 1. The van der Waals surface area contributed by atoms with E-state index in [-0.39, 0.29) is 78.1 Å². The molecule has 8 rings (SSSR count). The molecule has 6 N–H and O–H groups in total. The lowest BCUT2D eigenvalue weighted by Gasteiger charge is -2.44. The summed E-state index contributed by atoms with van der Waals surface area (Å²) in [6.45, 7) is 13.0. The number of hydrogen-bond acceptors (Lipinski definition) is 13. The van der Waals surface area contributed by atoms with E-state index in [2.05, 4.69) is 41.3 Å². The minimum atomic E-state index is -5.00. The van der Waals surface area contributed by atoms with Gasteiger partial charge in [0.05, 0.1) is 62.8 Å². The number of aromatic amines is 1. The van der Waals surface area contributed by atoms with Gasteiger partial charge in [0.15, 0.2) is 0 Å². The Kier molecular flexibility index (Phi) is 19.1. The van der Waals surface area contributed by atoms with Gasteiger partial charge in [0.2, 0.25) is 23.3 Å². The van der Waals surface area contributed by atoms with Crippen molar-refractivity contribution >= 4 is 52.2 Å². The van der Waals surface area contributed by atoms with Crippen LogP contribution in [0.4, 0.5) is 28.9 Å². The van der Waals surface area contributed by atoms with Gasteiger partial charge in [-0.05, 0) is 101 Å². The van der Waals surface area contributed by atoms with E-state index < -0.39 is 70.5 Å². The number of benzene rings is 3. The lowest BCUT2D eigenvalue weighted by atomic mass is 9.91. The second-order valence-electron chi connectivity index (χ2n) is 21.6. The fourth-order valence-corrected chi connectivity index (χ4v) is 11.4. The zero-order valence-corrected chi connectivity index (χ0v) is 47.5. The number of amides is 5. The molecular weight excluding hydrogens is 1080 g/mol. The highest BCUT2D eigenvalue weighted by molar-refractivity contribution is 7.13. The molecule has 2 fully saturated rings. The number of H-pyrrole nitrogens is 1. The normalized spacial score (nSPS) is 18.3. The van der Waals surface area contributed by atoms with Crippen LogP contribution in [0.2, 0.25) is 0 Å². The number of halogens is 4. The summed E-state index contributed by atoms with van der Waals surface area (Å²) in [4.78, 5) is 93.6. The van der Waals surface area contributed by atoms with Gasteiger partial charge in [-0.2, -0.15) is 13.2 Å². The largest absolute Gasteiger partial charge is 0.417 e. The number of piperazine rings is 1. The van der Waals surface area contributed by atoms with Crippen molar-refractivity contribution in [2.75, 3.05) is 50.0 Å². The number of thiazole rings is 1. The van der Waals surface area contributed by atoms with Crippen LogP contribution in [0.3, 0.4) is 0 Å². The second kappa shape index (κ2) is 26.0. The van der Waals surface area contributed by atoms with E-state index in [0.717, 1.165) is 22.2 Å². The van der Waals surface area contributed by atoms with E-state index in [4.69, 9.17) is 4.52 Å². The van der Waals surface area contributed by atoms with Crippen LogP contribution in [0.5, 0.6) is 0 Å². The molecule has 3 aromatic heterocycles. The Bertz CT molecular complexity index is 3330. The summed E-state index contributed by atoms with van der Waals surface area (Å²) in [5, 5.41) is 26.1. The highest BCUT2D eigenvalue weighted by atomic mass is 32.1. The number of unbranched alkanes of at least 4 members (excludes halogenated alkanes) is 2. The number of β-amino-alcohol motifs (C(OH)–C–C–N with tert-alkyl or cyclic N) is 1. The molecule has 6 atom stereocenters. The van der Waals surface area contributed by atoms with Gasteiger partial charge in [0.25, 0.3) is 11.8 Å². The molecule has 2 aliphatic rings. The first-order chi connectivity index (χ1) is 39.0. The molecule has 2 saturated heterocycles. The Morgan fingerprint density at radius 3 is 2.21 bits per heavy atom. The Hall–Kier alpha value is -7.76. The molecule has 6 aromatic rings. The van der Waals surface area contributed by atoms with E-state index in [1.165, 1.54) is 34.4 Å². The molecule has 0 radical (unpaired) electrons. The van der Waals surface area contributed by atoms with Gasteiger partial charge < -0.3 is 45.7 Å². The number of aryl methyl sites for hydroxylation is 2. The third-order valence-electron chi connectivity index (χ3n) is 15.2. The smallest absolute Gasteiger partial charge is 0.391 e. The highest BCUT2D eigenvalue weighted by Gasteiger charge is 2.44. The SMILES string of the molecule is Cc1cc([C@H](C(=O)N2C[C@H](O)C[C@H]2C(=O)N[C@@H](CC(=O)NCCCCCNC(=O)c2ccc(-c3ccc(N4C[C@@H](C)N(C)[C@@H](C)C4)c(NC(=O)c4c[nH]c(=O)cc4C(F)(F)F)c3)c(F)c2)c2ccc(-c3scnc3C)cc2)C(C)C)on1. The quantitative estimate of drug-likeness (QED) is 0.0313. The van der Waals surface area contributed by atoms with Gasteiger partial charge in [-0.1, -0.05) is 55.4 Å². The van der Waals surface area contributed by atoms with Crippen molar-refractivity contribution in [3.8, 4) is 21.6 Å². The van der Waals surface area contributed by atoms with Crippen LogP contribution in [0.15, 0.2) is 93.8 Å². The van der Waals surface area contributed by atoms with E-state index in [0.29, 0.717) is 73.9 Å². The molecule has 3 aromatic carbocycles. The fraction of sp³-hybridized carbons (Fsp3) is 0.424. The highest BCUT2D eigenvalue weighted by Crippen LogP contribution is 2.38. The molecular formula is C59H68F4N10O8S. The van der Waals surface area contributed by atoms with E-state index in [1.54, 1.807) is 30.6 Å². The Labute approximate surface area is 476 Å². The van der Waals surface area contributed by atoms with E-state index >= 15 is 4.39 Å². The molecule has 2 aliphatic heterocycles. The summed E-state index contributed by atoms with van der Waals surface area (Å²) < 4.78 is 63.5. The fourth-order valence-electron chi connectivity index (χ4n) is 10.6. The lowest BCUT2D eigenvalue weighted by Crippen LogP contribution is -2.55. The summed E-state index contributed by atoms with van der Waals surface area (Å²) in [6, 6.07) is 16.5. The molecule has 436 valence electrons. The van der Waals surface area contributed by atoms with Crippen LogP contribution >= 0.6 is 11.3 Å². The number of alkyl halides is 3. The van der Waals surface area contributed by atoms with Gasteiger partial charge in [-0.25, -0.2) is 9.37 Å². The monoisotopic (exact) mass is 1150 g/mol. The van der Waals surface area contributed by atoms with Gasteiger partial charge in [0.1, 0.15) is 23.5 Å². The Morgan fingerprint density at radius 1 is 0.878 bits per heavy atom. The molecule has 0 aliphatic carbocycles. The molecule has 0 unspecified atom stereocenters. The van der Waals surface area contributed by atoms with Crippen LogP contribution in [0.25, 0.3) is 21.6 Å². The molecule has 18 nitrogen and oxygen atoms in total. The average Bonchev–Trinajstić information content (AvgIpc) is 3.84. The number of aromatic nitrogens is 3. The van der Waals surface area contributed by atoms with Crippen LogP contribution in [-0.4, -0.2) is 124 Å². The van der Waals surface area contributed by atoms with Gasteiger partial charge in [-0.3, -0.25) is 33.7 Å². The topological polar surface area (TPSA) is 235 Å². The molecule has 23 heteroatoms. The number of nitrogens with one attached hydrogen (secondary N) is 5. The van der Waals surface area contributed by atoms with Gasteiger partial charge >= 0.3 is 6.18 Å². The molecule has 0 bridgehead atoms. The number of aliphatic hydroxyl groups excluding tert-OH is 1. The zero-order valence-electron chi connectivity index (χ0n) is 46.7. The Morgan fingerprint density at radius 2 is 1.57 bits per heavy atom. The van der Waals surface area contributed by atoms with Gasteiger partial charge in [0, 0.05) is 80.7 Å². The number of rotatable bonds is 20. The van der Waals surface area contributed by atoms with Crippen LogP contribution in [0, 0.1) is 25.6 Å². The number of nitrogens with zero attached hydrogens (tertiary/aromatic N) is 5. The maximum absolute atomic E-state index is 16.0. The third kappa shape index (κ3) is 14.3. The standard InChI is InChI=1S/C59H68F4N10O8S/c1-32(2)53(50-21-33(3)70-81-50)58(80)73-30-41(74)24-49(73)57(79)68-46(37-11-13-38(14-12-37)54-36(6)67-31-82-54)26-52(76)64-19-9-8-10-20-65-55(77)40-15-17-42(45(60)22-40)39-16-18-48(72-28-34(4)71(7)35(5)29-72)47(23-39)69-56(78)43-27-66-51(75)25-44(43)59(61,62)63/h11-18,21-23,25,27,31-32,34-35,41,46,49,53,74H,8-10,19-20,24,26,28-30H2,1-7H3,(H,64,76)(H,65,77)(H,66,75)(H,68,79)(H,69,78)/t34-,35+,41-,46+,49+,53-/m1/s1. The summed E-state index contributed by atoms with van der Waals surface area (Å²) in [6.07, 6.45) is -3.69. The second-order valence-corrected chi connectivity index (χ2v) is 22.4. The van der Waals surface area contributed by atoms with E-state index in [9.17, 15) is 47.0 Å². The minimum absolute atomic E-state index is 0.00646. The average molecular weight is 1150 g/mol. The molecule has 0 saturated carbocycles. The number of carbonyl (C=O) groups is 5. The van der Waals surface area contributed by atoms with Crippen LogP contribution < -0.4 is 31.7 Å². The van der Waals surface area contributed by atoms with Crippen LogP contribution in [0.1, 0.15) is 121 Å². The van der Waals surface area contributed by atoms with Gasteiger partial charge in [-0.15, -0.1) is 11.3 Å². The van der Waals surface area contributed by atoms with E-state index in [1.807, 2.05) is 70.8 Å². The number of carbonyl (C=O) groups excluding carboxylic acids is 5. The molecule has 82 heavy (non-hydrogen) atoms. The third-order valence-corrected chi connectivity index (χ3v) is 16.2. The molecule has 5 amide bonds. The number of likely N-dealkylation sites (tertiary alicyclic amines) is 1. The summed E-state index contributed by atoms with van der Waals surface area (Å²) in [5.41, 5.74) is 2.56. The molecule has 0 spiro atoms. The Balaban J connectivity index is 0.868. The predicted octanol–water partition coefficient (Wildman–Crippen LogP) is 8.37. The molecule has 5 heterocycles. The predicted molar refractivity (Wildman–Crippen MR) is 303 cm³/mol. The van der Waals surface area contributed by atoms with Crippen molar-refractivity contribution in [3.63, 3.8) is 0 Å². The van der Waals surface area contributed by atoms with Crippen LogP contribution in [-0.2, 0) is 20.6 Å². The minimum Gasteiger partial charge on any atom is -0.391 e. The first-order valence-corrected chi connectivity index (χ1v) is 28.1. The number of aliphatic hydroxyl groups is 1. The first-order valence-electron chi connectivity index (χ1n) is 27.3. The van der Waals surface area contributed by atoms with Crippen molar-refractivity contribution in [1.29, 1.82) is 0 Å². The summed E-state index contributed by atoms with van der Waals surface area (Å²) in [5.74, 6) is -4.24. The van der Waals surface area contributed by atoms with Crippen molar-refractivity contribution in [3.05, 3.63) is 140 Å². The van der Waals surface area contributed by atoms with Crippen molar-refractivity contribution in [2.45, 2.75) is 116 Å². The number of hydrogen-bond donors (Lipinski definition) is 6.